The van der Waals surface area contributed by atoms with Gasteiger partial charge >= 0.3 is 6.18 Å². The summed E-state index contributed by atoms with van der Waals surface area (Å²) in [6.45, 7) is -0.793. The van der Waals surface area contributed by atoms with Crippen molar-refractivity contribution in [1.29, 1.82) is 0 Å². The number of anilines is 2. The quantitative estimate of drug-likeness (QED) is 0.626. The molecule has 162 valence electrons. The fraction of sp³-hybridized carbons (Fsp3) is 0.368. The van der Waals surface area contributed by atoms with Crippen LogP contribution in [0.3, 0.4) is 0 Å². The lowest BCUT2D eigenvalue weighted by Crippen LogP contribution is -2.39. The molecule has 4 rings (SSSR count). The first-order chi connectivity index (χ1) is 15.1. The summed E-state index contributed by atoms with van der Waals surface area (Å²) in [4.78, 5) is 22.6. The van der Waals surface area contributed by atoms with Crippen LogP contribution in [0.2, 0.25) is 5.21 Å². The van der Waals surface area contributed by atoms with Gasteiger partial charge in [0.15, 0.2) is 5.82 Å². The van der Waals surface area contributed by atoms with E-state index >= 15 is 0 Å². The number of hydrogen-bond donors (Lipinski definition) is 1. The first-order valence-electron chi connectivity index (χ1n) is 9.67. The highest BCUT2D eigenvalue weighted by molar-refractivity contribution is 6.40. The monoisotopic (exact) mass is 440 g/mol. The number of hydrogen-bond acceptors (Lipinski definition) is 6. The van der Waals surface area contributed by atoms with Crippen molar-refractivity contribution in [3.05, 3.63) is 42.4 Å². The van der Waals surface area contributed by atoms with Crippen molar-refractivity contribution in [3.8, 4) is 0 Å². The minimum atomic E-state index is -4.52. The molecule has 32 heavy (non-hydrogen) atoms. The fourth-order valence-corrected chi connectivity index (χ4v) is 3.38. The third kappa shape index (κ3) is 5.04. The number of rotatable bonds is 4. The Morgan fingerprint density at radius 2 is 2.09 bits per heavy atom. The Kier molecular flexibility index (Phi) is 5.85. The van der Waals surface area contributed by atoms with Crippen molar-refractivity contribution in [2.24, 2.45) is 0 Å². The SMILES string of the molecule is [B]C1([B])COCCN(C(=O)c2cc3c(cn2)c(Nc2ccccn2)nn3CC(F)(F)F)C1. The summed E-state index contributed by atoms with van der Waals surface area (Å²) >= 11 is 0. The molecule has 0 saturated carbocycles. The van der Waals surface area contributed by atoms with E-state index < -0.39 is 23.8 Å². The molecule has 3 aromatic rings. The molecule has 1 aliphatic rings. The average Bonchev–Trinajstić information content (AvgIpc) is 2.92. The molecule has 1 saturated heterocycles. The number of amides is 1. The molecule has 0 aliphatic carbocycles. The molecule has 4 radical (unpaired) electrons. The molecule has 1 fully saturated rings. The van der Waals surface area contributed by atoms with Gasteiger partial charge in [0.1, 0.15) is 18.1 Å². The Hall–Kier alpha value is -3.08. The number of carbonyl (C=O) groups is 1. The van der Waals surface area contributed by atoms with Crippen molar-refractivity contribution in [2.75, 3.05) is 31.6 Å². The van der Waals surface area contributed by atoms with E-state index in [2.05, 4.69) is 20.4 Å². The van der Waals surface area contributed by atoms with Crippen molar-refractivity contribution in [3.63, 3.8) is 0 Å². The smallest absolute Gasteiger partial charge is 0.380 e. The number of alkyl halides is 3. The molecular weight excluding hydrogens is 423 g/mol. The highest BCUT2D eigenvalue weighted by atomic mass is 19.4. The van der Waals surface area contributed by atoms with Gasteiger partial charge in [0, 0.05) is 32.1 Å². The Bertz CT molecular complexity index is 1120. The van der Waals surface area contributed by atoms with E-state index in [-0.39, 0.29) is 43.3 Å². The van der Waals surface area contributed by atoms with Crippen LogP contribution in [0.25, 0.3) is 10.9 Å². The maximum Gasteiger partial charge on any atom is 0.408 e. The maximum absolute atomic E-state index is 13.2. The molecule has 0 bridgehead atoms. The molecule has 1 aliphatic heterocycles. The summed E-state index contributed by atoms with van der Waals surface area (Å²) in [5.41, 5.74) is 0.0415. The minimum absolute atomic E-state index is 0.0137. The van der Waals surface area contributed by atoms with Crippen LogP contribution in [0, 0.1) is 0 Å². The lowest BCUT2D eigenvalue weighted by molar-refractivity contribution is -0.141. The van der Waals surface area contributed by atoms with E-state index in [4.69, 9.17) is 20.4 Å². The molecule has 8 nitrogen and oxygen atoms in total. The molecule has 13 heteroatoms. The normalized spacial score (nSPS) is 16.7. The van der Waals surface area contributed by atoms with Gasteiger partial charge in [0.05, 0.1) is 33.2 Å². The summed E-state index contributed by atoms with van der Waals surface area (Å²) in [6, 6.07) is 6.35. The van der Waals surface area contributed by atoms with Crippen LogP contribution in [0.1, 0.15) is 10.5 Å². The topological polar surface area (TPSA) is 85.2 Å². The average molecular weight is 440 g/mol. The zero-order chi connectivity index (χ0) is 22.9. The van der Waals surface area contributed by atoms with Gasteiger partial charge in [-0.2, -0.15) is 18.3 Å². The largest absolute Gasteiger partial charge is 0.408 e. The molecular formula is C19H17B2F3N6O2. The van der Waals surface area contributed by atoms with E-state index in [9.17, 15) is 18.0 Å². The number of carbonyl (C=O) groups excluding carboxylic acids is 1. The third-order valence-electron chi connectivity index (χ3n) is 4.74. The number of aromatic nitrogens is 4. The van der Waals surface area contributed by atoms with Gasteiger partial charge in [-0.15, -0.1) is 0 Å². The summed E-state index contributed by atoms with van der Waals surface area (Å²) in [5, 5.41) is 6.00. The molecule has 0 unspecified atom stereocenters. The van der Waals surface area contributed by atoms with E-state index in [1.807, 2.05) is 0 Å². The van der Waals surface area contributed by atoms with Gasteiger partial charge in [-0.25, -0.2) is 4.98 Å². The third-order valence-corrected chi connectivity index (χ3v) is 4.74. The van der Waals surface area contributed by atoms with Crippen molar-refractivity contribution in [2.45, 2.75) is 17.9 Å². The highest BCUT2D eigenvalue weighted by Crippen LogP contribution is 2.29. The Labute approximate surface area is 184 Å². The zero-order valence-corrected chi connectivity index (χ0v) is 16.8. The molecule has 0 aromatic carbocycles. The van der Waals surface area contributed by atoms with Gasteiger partial charge < -0.3 is 15.0 Å². The second-order valence-electron chi connectivity index (χ2n) is 7.56. The molecule has 4 heterocycles. The Morgan fingerprint density at radius 3 is 2.81 bits per heavy atom. The molecule has 1 N–H and O–H groups in total. The van der Waals surface area contributed by atoms with Crippen molar-refractivity contribution >= 4 is 44.1 Å². The van der Waals surface area contributed by atoms with Crippen LogP contribution in [0.15, 0.2) is 36.7 Å². The van der Waals surface area contributed by atoms with Crippen LogP contribution in [-0.2, 0) is 11.3 Å². The van der Waals surface area contributed by atoms with Crippen LogP contribution < -0.4 is 5.32 Å². The molecule has 3 aromatic heterocycles. The van der Waals surface area contributed by atoms with E-state index in [1.54, 1.807) is 18.2 Å². The predicted molar refractivity (Wildman–Crippen MR) is 112 cm³/mol. The van der Waals surface area contributed by atoms with Crippen LogP contribution >= 0.6 is 0 Å². The zero-order valence-electron chi connectivity index (χ0n) is 16.8. The lowest BCUT2D eigenvalue weighted by atomic mass is 9.55. The van der Waals surface area contributed by atoms with Crippen molar-refractivity contribution in [1.82, 2.24) is 24.6 Å². The standard InChI is InChI=1S/C19H17B2F3N6O2/c20-18(21)9-29(5-6-32-11-18)17(31)13-7-14-12(8-26-13)16(27-15-3-1-2-4-25-15)28-30(14)10-19(22,23)24/h1-4,7-8H,5-6,9-11H2,(H,25,27,28). The second kappa shape index (κ2) is 8.45. The number of fused-ring (bicyclic) bond motifs is 1. The lowest BCUT2D eigenvalue weighted by Gasteiger charge is -2.29. The van der Waals surface area contributed by atoms with Crippen molar-refractivity contribution < 1.29 is 22.7 Å². The van der Waals surface area contributed by atoms with Gasteiger partial charge in [-0.05, 0) is 18.2 Å². The number of nitrogens with one attached hydrogen (secondary N) is 1. The van der Waals surface area contributed by atoms with Gasteiger partial charge in [-0.3, -0.25) is 14.5 Å². The van der Waals surface area contributed by atoms with Crippen LogP contribution in [-0.4, -0.2) is 78.7 Å². The predicted octanol–water partition coefficient (Wildman–Crippen LogP) is 2.06. The minimum Gasteiger partial charge on any atom is -0.380 e. The van der Waals surface area contributed by atoms with Gasteiger partial charge in [-0.1, -0.05) is 11.3 Å². The van der Waals surface area contributed by atoms with Gasteiger partial charge in [0.2, 0.25) is 0 Å². The number of nitrogens with zero attached hydrogens (tertiary/aromatic N) is 5. The molecule has 0 spiro atoms. The van der Waals surface area contributed by atoms with Gasteiger partial charge in [0.25, 0.3) is 5.91 Å². The van der Waals surface area contributed by atoms with E-state index in [0.717, 1.165) is 4.68 Å². The fourth-order valence-electron chi connectivity index (χ4n) is 3.38. The number of ether oxygens (including phenoxy) is 1. The Balaban J connectivity index is 1.71. The number of pyridine rings is 2. The van der Waals surface area contributed by atoms with Crippen LogP contribution in [0.4, 0.5) is 24.8 Å². The summed E-state index contributed by atoms with van der Waals surface area (Å²) in [7, 11) is 11.9. The molecule has 0 atom stereocenters. The maximum atomic E-state index is 13.2. The first-order valence-corrected chi connectivity index (χ1v) is 9.67. The van der Waals surface area contributed by atoms with Crippen LogP contribution in [0.5, 0.6) is 0 Å². The van der Waals surface area contributed by atoms with E-state index in [0.29, 0.717) is 11.2 Å². The first kappa shape index (κ1) is 22.1. The Morgan fingerprint density at radius 1 is 1.28 bits per heavy atom. The summed E-state index contributed by atoms with van der Waals surface area (Å²) in [6.07, 6.45) is -1.68. The summed E-state index contributed by atoms with van der Waals surface area (Å²) < 4.78 is 45.6. The number of halogens is 3. The second-order valence-corrected chi connectivity index (χ2v) is 7.56. The van der Waals surface area contributed by atoms with E-state index in [1.165, 1.54) is 23.4 Å². The summed E-state index contributed by atoms with van der Waals surface area (Å²) in [5.74, 6) is 0.0234. The highest BCUT2D eigenvalue weighted by Gasteiger charge is 2.31. The molecule has 1 amide bonds.